The van der Waals surface area contributed by atoms with Gasteiger partial charge < -0.3 is 14.2 Å². The van der Waals surface area contributed by atoms with Crippen molar-refractivity contribution < 1.29 is 28.6 Å². The highest BCUT2D eigenvalue weighted by molar-refractivity contribution is 5.71. The molecule has 72 heavy (non-hydrogen) atoms. The summed E-state index contributed by atoms with van der Waals surface area (Å²) in [6, 6.07) is 0. The van der Waals surface area contributed by atoms with Gasteiger partial charge in [-0.05, 0) is 83.5 Å². The number of esters is 3. The summed E-state index contributed by atoms with van der Waals surface area (Å²) in [6.45, 7) is 6.61. The summed E-state index contributed by atoms with van der Waals surface area (Å²) in [7, 11) is 0. The van der Waals surface area contributed by atoms with E-state index in [1.165, 1.54) is 212 Å². The van der Waals surface area contributed by atoms with Crippen LogP contribution in [0, 0.1) is 0 Å². The van der Waals surface area contributed by atoms with E-state index >= 15 is 0 Å². The van der Waals surface area contributed by atoms with Crippen LogP contribution in [0.1, 0.15) is 323 Å². The second-order valence-electron chi connectivity index (χ2n) is 21.0. The Morgan fingerprint density at radius 3 is 0.875 bits per heavy atom. The smallest absolute Gasteiger partial charge is 0.306 e. The second kappa shape index (κ2) is 60.7. The van der Waals surface area contributed by atoms with Gasteiger partial charge in [0, 0.05) is 19.3 Å². The second-order valence-corrected chi connectivity index (χ2v) is 21.0. The molecule has 0 N–H and O–H groups in total. The molecular formula is C66H118O6. The molecule has 0 unspecified atom stereocenters. The third kappa shape index (κ3) is 58.0. The van der Waals surface area contributed by atoms with Crippen LogP contribution in [-0.4, -0.2) is 37.2 Å². The first-order valence-electron chi connectivity index (χ1n) is 31.3. The molecule has 0 aliphatic rings. The van der Waals surface area contributed by atoms with Crippen molar-refractivity contribution in [2.75, 3.05) is 13.2 Å². The van der Waals surface area contributed by atoms with Crippen LogP contribution in [0.5, 0.6) is 0 Å². The molecule has 0 heterocycles. The van der Waals surface area contributed by atoms with Crippen LogP contribution in [-0.2, 0) is 28.6 Å². The lowest BCUT2D eigenvalue weighted by Gasteiger charge is -2.18. The van der Waals surface area contributed by atoms with Gasteiger partial charge in [0.05, 0.1) is 0 Å². The molecule has 0 radical (unpaired) electrons. The SMILES string of the molecule is CCCCC/C=C\C/C=C\C/C=C\C/C=C\CCCC(=O)OC[C@H](COC(=O)CCCCCCCCCCC/C=C\CCCCCCCC)OC(=O)CCCCCCCCCCCCCCCCCCCC. The molecule has 0 bridgehead atoms. The van der Waals surface area contributed by atoms with Gasteiger partial charge in [-0.1, -0.05) is 281 Å². The van der Waals surface area contributed by atoms with E-state index in [2.05, 4.69) is 81.5 Å². The first-order chi connectivity index (χ1) is 35.5. The fraction of sp³-hybridized carbons (Fsp3) is 0.803. The average Bonchev–Trinajstić information content (AvgIpc) is 3.38. The Balaban J connectivity index is 4.42. The van der Waals surface area contributed by atoms with Gasteiger partial charge in [0.25, 0.3) is 0 Å². The first-order valence-corrected chi connectivity index (χ1v) is 31.3. The number of ether oxygens (including phenoxy) is 3. The molecule has 0 rings (SSSR count). The highest BCUT2D eigenvalue weighted by atomic mass is 16.6. The Kier molecular flexibility index (Phi) is 58.2. The predicted molar refractivity (Wildman–Crippen MR) is 312 cm³/mol. The van der Waals surface area contributed by atoms with Crippen molar-refractivity contribution in [1.82, 2.24) is 0 Å². The van der Waals surface area contributed by atoms with Crippen molar-refractivity contribution in [1.29, 1.82) is 0 Å². The van der Waals surface area contributed by atoms with Gasteiger partial charge in [-0.3, -0.25) is 14.4 Å². The molecule has 1 atom stereocenters. The maximum Gasteiger partial charge on any atom is 0.306 e. The van der Waals surface area contributed by atoms with Crippen LogP contribution in [0.4, 0.5) is 0 Å². The summed E-state index contributed by atoms with van der Waals surface area (Å²) < 4.78 is 16.9. The highest BCUT2D eigenvalue weighted by Crippen LogP contribution is 2.17. The van der Waals surface area contributed by atoms with Crippen LogP contribution < -0.4 is 0 Å². The standard InChI is InChI=1S/C66H118O6/c1-4-7-10-13-16-19-22-25-28-31-33-36-38-41-44-47-50-53-56-59-65(68)71-62-63(61-70-64(67)58-55-52-49-46-43-40-37-34-30-27-24-21-18-15-12-9-6-3)72-66(69)60-57-54-51-48-45-42-39-35-32-29-26-23-20-17-14-11-8-5-2/h18,21,25,27-28,30,37,40,46,49,63H,4-17,19-20,22-24,26,29,31-36,38-39,41-45,47-48,50-62H2,1-3H3/b21-18-,28-25-,30-27-,40-37-,49-46-/t63-/m1/s1. The van der Waals surface area contributed by atoms with Gasteiger partial charge in [-0.25, -0.2) is 0 Å². The molecular weight excluding hydrogens is 889 g/mol. The highest BCUT2D eigenvalue weighted by Gasteiger charge is 2.19. The number of allylic oxidation sites excluding steroid dienone is 10. The summed E-state index contributed by atoms with van der Waals surface area (Å²) in [5.74, 6) is -0.932. The van der Waals surface area contributed by atoms with Crippen LogP contribution in [0.3, 0.4) is 0 Å². The quantitative estimate of drug-likeness (QED) is 0.0261. The van der Waals surface area contributed by atoms with E-state index in [1.807, 2.05) is 0 Å². The zero-order valence-corrected chi connectivity index (χ0v) is 47.9. The van der Waals surface area contributed by atoms with Crippen molar-refractivity contribution in [3.05, 3.63) is 60.8 Å². The number of unbranched alkanes of at least 4 members (excludes halogenated alkanes) is 36. The average molecular weight is 1010 g/mol. The molecule has 0 aliphatic heterocycles. The molecule has 0 amide bonds. The Hall–Kier alpha value is -2.89. The van der Waals surface area contributed by atoms with Crippen molar-refractivity contribution in [3.8, 4) is 0 Å². The molecule has 0 spiro atoms. The van der Waals surface area contributed by atoms with Gasteiger partial charge in [0.1, 0.15) is 13.2 Å². The predicted octanol–water partition coefficient (Wildman–Crippen LogP) is 21.2. The van der Waals surface area contributed by atoms with E-state index in [0.29, 0.717) is 19.3 Å². The summed E-state index contributed by atoms with van der Waals surface area (Å²) >= 11 is 0. The molecule has 6 nitrogen and oxygen atoms in total. The van der Waals surface area contributed by atoms with Crippen LogP contribution >= 0.6 is 0 Å². The van der Waals surface area contributed by atoms with Gasteiger partial charge >= 0.3 is 17.9 Å². The molecule has 0 saturated carbocycles. The first kappa shape index (κ1) is 69.1. The normalized spacial score (nSPS) is 12.4. The molecule has 0 aromatic carbocycles. The molecule has 0 aromatic heterocycles. The third-order valence-electron chi connectivity index (χ3n) is 13.7. The van der Waals surface area contributed by atoms with Crippen LogP contribution in [0.25, 0.3) is 0 Å². The van der Waals surface area contributed by atoms with Gasteiger partial charge in [0.15, 0.2) is 6.10 Å². The summed E-state index contributed by atoms with van der Waals surface area (Å²) in [5, 5.41) is 0. The Morgan fingerprint density at radius 1 is 0.278 bits per heavy atom. The van der Waals surface area contributed by atoms with E-state index in [4.69, 9.17) is 14.2 Å². The number of rotatable bonds is 57. The molecule has 0 saturated heterocycles. The lowest BCUT2D eigenvalue weighted by Crippen LogP contribution is -2.30. The van der Waals surface area contributed by atoms with E-state index in [0.717, 1.165) is 64.2 Å². The Labute approximate surface area is 447 Å². The molecule has 0 aromatic rings. The topological polar surface area (TPSA) is 78.9 Å². The minimum absolute atomic E-state index is 0.0892. The van der Waals surface area contributed by atoms with Crippen LogP contribution in [0.2, 0.25) is 0 Å². The maximum absolute atomic E-state index is 12.9. The van der Waals surface area contributed by atoms with Gasteiger partial charge in [0.2, 0.25) is 0 Å². The molecule has 0 fully saturated rings. The minimum atomic E-state index is -0.796. The minimum Gasteiger partial charge on any atom is -0.462 e. The molecule has 6 heteroatoms. The van der Waals surface area contributed by atoms with Crippen molar-refractivity contribution >= 4 is 17.9 Å². The number of hydrogen-bond donors (Lipinski definition) is 0. The van der Waals surface area contributed by atoms with Crippen molar-refractivity contribution in [2.45, 2.75) is 329 Å². The number of carbonyl (C=O) groups is 3. The summed E-state index contributed by atoms with van der Waals surface area (Å²) in [4.78, 5) is 38.3. The fourth-order valence-electron chi connectivity index (χ4n) is 9.02. The van der Waals surface area contributed by atoms with Gasteiger partial charge in [-0.2, -0.15) is 0 Å². The largest absolute Gasteiger partial charge is 0.462 e. The lowest BCUT2D eigenvalue weighted by molar-refractivity contribution is -0.167. The molecule has 0 aliphatic carbocycles. The summed E-state index contributed by atoms with van der Waals surface area (Å²) in [5.41, 5.74) is 0. The number of hydrogen-bond acceptors (Lipinski definition) is 6. The van der Waals surface area contributed by atoms with Gasteiger partial charge in [-0.15, -0.1) is 0 Å². The number of carbonyl (C=O) groups excluding carboxylic acids is 3. The zero-order valence-electron chi connectivity index (χ0n) is 47.9. The van der Waals surface area contributed by atoms with E-state index in [-0.39, 0.29) is 37.5 Å². The van der Waals surface area contributed by atoms with Crippen molar-refractivity contribution in [3.63, 3.8) is 0 Å². The third-order valence-corrected chi connectivity index (χ3v) is 13.7. The fourth-order valence-corrected chi connectivity index (χ4v) is 9.02. The monoisotopic (exact) mass is 1010 g/mol. The van der Waals surface area contributed by atoms with E-state index in [1.54, 1.807) is 0 Å². The summed E-state index contributed by atoms with van der Waals surface area (Å²) in [6.07, 6.45) is 76.5. The Bertz CT molecular complexity index is 1290. The van der Waals surface area contributed by atoms with Crippen molar-refractivity contribution in [2.24, 2.45) is 0 Å². The zero-order chi connectivity index (χ0) is 52.2. The lowest BCUT2D eigenvalue weighted by atomic mass is 10.0. The van der Waals surface area contributed by atoms with E-state index < -0.39 is 6.10 Å². The van der Waals surface area contributed by atoms with Crippen LogP contribution in [0.15, 0.2) is 60.8 Å². The Morgan fingerprint density at radius 2 is 0.514 bits per heavy atom. The molecule has 418 valence electrons. The maximum atomic E-state index is 12.9. The van der Waals surface area contributed by atoms with E-state index in [9.17, 15) is 14.4 Å².